The Morgan fingerprint density at radius 3 is 2.33 bits per heavy atom. The maximum atomic E-state index is 15.1. The molecule has 2 aromatic heterocycles. The lowest BCUT2D eigenvalue weighted by molar-refractivity contribution is 0.121. The van der Waals surface area contributed by atoms with Gasteiger partial charge in [-0.1, -0.05) is 0 Å². The molecule has 3 aromatic rings. The highest BCUT2D eigenvalue weighted by molar-refractivity contribution is 5.91. The van der Waals surface area contributed by atoms with E-state index in [9.17, 15) is 0 Å². The van der Waals surface area contributed by atoms with E-state index in [1.165, 1.54) is 14.2 Å². The number of halogens is 2. The number of aromatic nitrogens is 3. The first-order valence-corrected chi connectivity index (χ1v) is 9.49. The van der Waals surface area contributed by atoms with Crippen molar-refractivity contribution in [1.82, 2.24) is 15.0 Å². The molecule has 0 amide bonds. The SMILES string of the molecule is COc1cc(OC)c(F)c(-c2nc(N3CCC(OC)C3)c3cc(C)ncc3n2)c1F. The average molecular weight is 416 g/mol. The van der Waals surface area contributed by atoms with E-state index in [-0.39, 0.29) is 23.4 Å². The largest absolute Gasteiger partial charge is 0.494 e. The molecule has 0 saturated carbocycles. The summed E-state index contributed by atoms with van der Waals surface area (Å²) in [6, 6.07) is 3.03. The third kappa shape index (κ3) is 3.39. The van der Waals surface area contributed by atoms with Gasteiger partial charge < -0.3 is 19.1 Å². The standard InChI is InChI=1S/C21H22F2N4O3/c1-11-7-13-14(9-24-11)25-20(26-21(13)27-6-5-12(10-27)28-2)17-18(22)15(29-3)8-16(30-4)19(17)23/h7-9,12H,5-6,10H2,1-4H3. The second-order valence-electron chi connectivity index (χ2n) is 7.09. The van der Waals surface area contributed by atoms with Crippen LogP contribution in [0.1, 0.15) is 12.1 Å². The molecule has 0 spiro atoms. The summed E-state index contributed by atoms with van der Waals surface area (Å²) in [6.45, 7) is 3.19. The van der Waals surface area contributed by atoms with Gasteiger partial charge in [-0.05, 0) is 19.4 Å². The summed E-state index contributed by atoms with van der Waals surface area (Å²) < 4.78 is 45.7. The minimum Gasteiger partial charge on any atom is -0.494 e. The van der Waals surface area contributed by atoms with Crippen LogP contribution in [0.4, 0.5) is 14.6 Å². The highest BCUT2D eigenvalue weighted by Crippen LogP contribution is 2.38. The average Bonchev–Trinajstić information content (AvgIpc) is 3.23. The molecular formula is C21H22F2N4O3. The summed E-state index contributed by atoms with van der Waals surface area (Å²) in [6.07, 6.45) is 2.47. The van der Waals surface area contributed by atoms with Crippen molar-refractivity contribution in [3.05, 3.63) is 35.7 Å². The van der Waals surface area contributed by atoms with Crippen molar-refractivity contribution in [1.29, 1.82) is 0 Å². The van der Waals surface area contributed by atoms with Gasteiger partial charge in [-0.25, -0.2) is 18.7 Å². The molecule has 30 heavy (non-hydrogen) atoms. The molecule has 7 nitrogen and oxygen atoms in total. The van der Waals surface area contributed by atoms with Gasteiger partial charge in [-0.15, -0.1) is 0 Å². The lowest BCUT2D eigenvalue weighted by Gasteiger charge is -2.20. The number of nitrogens with zero attached hydrogens (tertiary/aromatic N) is 4. The molecule has 1 aliphatic heterocycles. The minimum atomic E-state index is -0.891. The maximum Gasteiger partial charge on any atom is 0.179 e. The predicted octanol–water partition coefficient (Wildman–Crippen LogP) is 3.52. The van der Waals surface area contributed by atoms with E-state index >= 15 is 8.78 Å². The zero-order chi connectivity index (χ0) is 21.4. The van der Waals surface area contributed by atoms with Gasteiger partial charge in [0.1, 0.15) is 5.82 Å². The summed E-state index contributed by atoms with van der Waals surface area (Å²) in [5, 5.41) is 0.763. The Morgan fingerprint density at radius 2 is 1.73 bits per heavy atom. The van der Waals surface area contributed by atoms with Crippen molar-refractivity contribution < 1.29 is 23.0 Å². The Balaban J connectivity index is 1.97. The van der Waals surface area contributed by atoms with Gasteiger partial charge >= 0.3 is 0 Å². The normalized spacial score (nSPS) is 16.3. The number of pyridine rings is 1. The zero-order valence-electron chi connectivity index (χ0n) is 17.2. The van der Waals surface area contributed by atoms with Crippen LogP contribution in [-0.2, 0) is 4.74 Å². The second-order valence-corrected chi connectivity index (χ2v) is 7.09. The number of fused-ring (bicyclic) bond motifs is 1. The van der Waals surface area contributed by atoms with E-state index < -0.39 is 17.2 Å². The molecule has 1 atom stereocenters. The van der Waals surface area contributed by atoms with Crippen LogP contribution >= 0.6 is 0 Å². The molecule has 1 aromatic carbocycles. The molecule has 0 bridgehead atoms. The van der Waals surface area contributed by atoms with Crippen LogP contribution in [0.3, 0.4) is 0 Å². The third-order valence-corrected chi connectivity index (χ3v) is 5.27. The van der Waals surface area contributed by atoms with Gasteiger partial charge in [-0.2, -0.15) is 0 Å². The number of benzene rings is 1. The molecule has 1 aliphatic rings. The van der Waals surface area contributed by atoms with E-state index in [1.807, 2.05) is 17.9 Å². The molecule has 4 rings (SSSR count). The van der Waals surface area contributed by atoms with Crippen LogP contribution < -0.4 is 14.4 Å². The van der Waals surface area contributed by atoms with Crippen LogP contribution in [0.2, 0.25) is 0 Å². The molecule has 1 fully saturated rings. The van der Waals surface area contributed by atoms with Crippen molar-refractivity contribution >= 4 is 16.7 Å². The van der Waals surface area contributed by atoms with Crippen molar-refractivity contribution in [3.63, 3.8) is 0 Å². The number of anilines is 1. The van der Waals surface area contributed by atoms with E-state index in [2.05, 4.69) is 15.0 Å². The predicted molar refractivity (Wildman–Crippen MR) is 108 cm³/mol. The summed E-state index contributed by atoms with van der Waals surface area (Å²) in [7, 11) is 4.26. The Kier molecular flexibility index (Phi) is 5.38. The van der Waals surface area contributed by atoms with Crippen molar-refractivity contribution in [3.8, 4) is 22.9 Å². The molecule has 1 saturated heterocycles. The van der Waals surface area contributed by atoms with Crippen molar-refractivity contribution in [2.75, 3.05) is 39.3 Å². The quantitative estimate of drug-likeness (QED) is 0.630. The molecule has 0 radical (unpaired) electrons. The number of hydrogen-bond acceptors (Lipinski definition) is 7. The fourth-order valence-electron chi connectivity index (χ4n) is 3.67. The van der Waals surface area contributed by atoms with Gasteiger partial charge in [0, 0.05) is 37.3 Å². The highest BCUT2D eigenvalue weighted by atomic mass is 19.1. The highest BCUT2D eigenvalue weighted by Gasteiger charge is 2.28. The Morgan fingerprint density at radius 1 is 1.03 bits per heavy atom. The summed E-state index contributed by atoms with van der Waals surface area (Å²) in [5.41, 5.74) is 0.877. The molecule has 9 heteroatoms. The van der Waals surface area contributed by atoms with E-state index in [0.717, 1.165) is 23.6 Å². The van der Waals surface area contributed by atoms with Gasteiger partial charge in [0.25, 0.3) is 0 Å². The van der Waals surface area contributed by atoms with Crippen LogP contribution in [0.15, 0.2) is 18.3 Å². The first kappa shape index (κ1) is 20.2. The van der Waals surface area contributed by atoms with E-state index in [0.29, 0.717) is 24.4 Å². The number of rotatable bonds is 5. The van der Waals surface area contributed by atoms with E-state index in [1.54, 1.807) is 13.3 Å². The maximum absolute atomic E-state index is 15.1. The van der Waals surface area contributed by atoms with Gasteiger partial charge in [0.05, 0.1) is 37.6 Å². The van der Waals surface area contributed by atoms with Crippen LogP contribution in [-0.4, -0.2) is 55.5 Å². The second kappa shape index (κ2) is 7.98. The van der Waals surface area contributed by atoms with Crippen LogP contribution in [0.25, 0.3) is 22.3 Å². The van der Waals surface area contributed by atoms with Crippen LogP contribution in [0, 0.1) is 18.6 Å². The fraction of sp³-hybridized carbons (Fsp3) is 0.381. The van der Waals surface area contributed by atoms with Crippen LogP contribution in [0.5, 0.6) is 11.5 Å². The summed E-state index contributed by atoms with van der Waals surface area (Å²) >= 11 is 0. The molecular weight excluding hydrogens is 394 g/mol. The number of methoxy groups -OCH3 is 3. The monoisotopic (exact) mass is 416 g/mol. The summed E-state index contributed by atoms with van der Waals surface area (Å²) in [5.74, 6) is -1.61. The minimum absolute atomic E-state index is 0.0618. The third-order valence-electron chi connectivity index (χ3n) is 5.27. The Bertz CT molecular complexity index is 1080. The smallest absolute Gasteiger partial charge is 0.179 e. The van der Waals surface area contributed by atoms with Crippen molar-refractivity contribution in [2.24, 2.45) is 0 Å². The lowest BCUT2D eigenvalue weighted by atomic mass is 10.1. The van der Waals surface area contributed by atoms with Crippen molar-refractivity contribution in [2.45, 2.75) is 19.4 Å². The van der Waals surface area contributed by atoms with Gasteiger partial charge in [0.2, 0.25) is 0 Å². The lowest BCUT2D eigenvalue weighted by Crippen LogP contribution is -2.24. The fourth-order valence-corrected chi connectivity index (χ4v) is 3.67. The molecule has 3 heterocycles. The molecule has 158 valence electrons. The van der Waals surface area contributed by atoms with Gasteiger partial charge in [-0.3, -0.25) is 4.98 Å². The summed E-state index contributed by atoms with van der Waals surface area (Å²) in [4.78, 5) is 15.3. The molecule has 0 N–H and O–H groups in total. The first-order chi connectivity index (χ1) is 14.5. The Hall–Kier alpha value is -3.07. The number of ether oxygens (including phenoxy) is 3. The van der Waals surface area contributed by atoms with E-state index in [4.69, 9.17) is 14.2 Å². The Labute approximate surface area is 172 Å². The molecule has 1 unspecified atom stereocenters. The molecule has 0 aliphatic carbocycles. The number of aryl methyl sites for hydroxylation is 1. The van der Waals surface area contributed by atoms with Gasteiger partial charge in [0.15, 0.2) is 29.0 Å². The topological polar surface area (TPSA) is 69.6 Å². The first-order valence-electron chi connectivity index (χ1n) is 9.49. The zero-order valence-corrected chi connectivity index (χ0v) is 17.2. The number of hydrogen-bond donors (Lipinski definition) is 0.